The first-order chi connectivity index (χ1) is 51.2. The molecule has 0 saturated carbocycles. The normalized spacial score (nSPS) is 13.4. The first-order valence-corrected chi connectivity index (χ1v) is 35.4. The zero-order valence-corrected chi connectivity index (χ0v) is 60.8. The molecule has 1 unspecified atom stereocenters. The third kappa shape index (κ3) is 60.1. The summed E-state index contributed by atoms with van der Waals surface area (Å²) in [6.45, 7) is 16.4. The van der Waals surface area contributed by atoms with Gasteiger partial charge in [-0.3, -0.25) is 24.0 Å². The maximum atomic E-state index is 13.5. The second-order valence-corrected chi connectivity index (χ2v) is 21.6. The maximum absolute atomic E-state index is 13.5. The molecule has 604 valence electrons. The number of rotatable bonds is 82. The van der Waals surface area contributed by atoms with Crippen molar-refractivity contribution in [3.63, 3.8) is 0 Å². The lowest BCUT2D eigenvalue weighted by molar-refractivity contribution is -0.198. The second-order valence-electron chi connectivity index (χ2n) is 21.6. The lowest BCUT2D eigenvalue weighted by Gasteiger charge is -2.23. The maximum Gasteiger partial charge on any atom is 0.335 e. The Balaban J connectivity index is 1.51. The Bertz CT molecular complexity index is 2020. The van der Waals surface area contributed by atoms with Crippen LogP contribution in [0, 0.1) is 0 Å². The zero-order valence-electron chi connectivity index (χ0n) is 60.8. The fourth-order valence-corrected chi connectivity index (χ4v) is 8.12. The number of methoxy groups -OCH3 is 1. The molecule has 0 bridgehead atoms. The van der Waals surface area contributed by atoms with Crippen molar-refractivity contribution in [2.75, 3.05) is 331 Å². The fraction of sp³-hybridized carbons (Fsp3) is 0.892. The minimum Gasteiger partial charge on any atom is -0.382 e. The summed E-state index contributed by atoms with van der Waals surface area (Å²) >= 11 is 0. The van der Waals surface area contributed by atoms with Gasteiger partial charge >= 0.3 is 11.9 Å². The van der Waals surface area contributed by atoms with Crippen LogP contribution in [0.15, 0.2) is 5.11 Å². The van der Waals surface area contributed by atoms with Crippen LogP contribution < -0.4 is 0 Å². The lowest BCUT2D eigenvalue weighted by atomic mass is 10.3. The highest BCUT2D eigenvalue weighted by Gasteiger charge is 2.34. The summed E-state index contributed by atoms with van der Waals surface area (Å²) < 4.78 is 133. The molecule has 2 aliphatic heterocycles. The van der Waals surface area contributed by atoms with Gasteiger partial charge in [-0.15, -0.1) is 10.1 Å². The number of hydrogen-bond acceptors (Lipinski definition) is 34. The van der Waals surface area contributed by atoms with Crippen molar-refractivity contribution in [3.8, 4) is 0 Å². The van der Waals surface area contributed by atoms with Gasteiger partial charge < -0.3 is 128 Å². The van der Waals surface area contributed by atoms with E-state index in [0.29, 0.717) is 255 Å². The molecule has 2 fully saturated rings. The van der Waals surface area contributed by atoms with E-state index >= 15 is 0 Å². The van der Waals surface area contributed by atoms with Crippen LogP contribution in [0.3, 0.4) is 0 Å². The molecule has 2 saturated heterocycles. The second kappa shape index (κ2) is 73.5. The highest BCUT2D eigenvalue weighted by molar-refractivity contribution is 6.02. The van der Waals surface area contributed by atoms with E-state index in [-0.39, 0.29) is 130 Å². The number of ether oxygens (including phenoxy) is 24. The summed E-state index contributed by atoms with van der Waals surface area (Å²) in [7, 11) is 1.62. The molecular weight excluding hydrogens is 1390 g/mol. The van der Waals surface area contributed by atoms with Gasteiger partial charge in [0.15, 0.2) is 0 Å². The molecule has 2 aliphatic rings. The van der Waals surface area contributed by atoms with Crippen molar-refractivity contribution < 1.29 is 157 Å². The van der Waals surface area contributed by atoms with E-state index in [1.165, 1.54) is 0 Å². The number of nitrogens with zero attached hydrogens (tertiary/aromatic N) is 6. The van der Waals surface area contributed by atoms with E-state index in [1.54, 1.807) is 12.0 Å². The van der Waals surface area contributed by atoms with Crippen molar-refractivity contribution >= 4 is 41.5 Å². The van der Waals surface area contributed by atoms with E-state index in [4.69, 9.17) is 129 Å². The topological polar surface area (TPSA) is 418 Å². The number of amides is 5. The highest BCUT2D eigenvalue weighted by atomic mass is 16.7. The van der Waals surface area contributed by atoms with Crippen LogP contribution in [0.2, 0.25) is 0 Å². The Labute approximate surface area is 608 Å². The number of hydrogen-bond donors (Lipinski definition) is 0. The van der Waals surface area contributed by atoms with E-state index in [2.05, 4.69) is 10.0 Å². The van der Waals surface area contributed by atoms with Crippen LogP contribution in [0.4, 0.5) is 0 Å². The summed E-state index contributed by atoms with van der Waals surface area (Å²) in [5.41, 5.74) is 8.98. The lowest BCUT2D eigenvalue weighted by Crippen LogP contribution is -2.38. The molecule has 2 heterocycles. The van der Waals surface area contributed by atoms with Crippen LogP contribution in [-0.2, 0) is 157 Å². The van der Waals surface area contributed by atoms with Crippen molar-refractivity contribution in [2.45, 2.75) is 51.0 Å². The Morgan fingerprint density at radius 3 is 0.817 bits per heavy atom. The Morgan fingerprint density at radius 2 is 0.567 bits per heavy atom. The van der Waals surface area contributed by atoms with E-state index in [1.807, 2.05) is 0 Å². The van der Waals surface area contributed by atoms with Gasteiger partial charge in [-0.25, -0.2) is 9.59 Å². The Hall–Kier alpha value is -4.96. The Morgan fingerprint density at radius 1 is 0.337 bits per heavy atom. The summed E-state index contributed by atoms with van der Waals surface area (Å²) in [6.07, 6.45) is -0.617. The number of imide groups is 2. The SMILES string of the molecule is COCCOCCOCCOCCOCCOCCOCC(CN=[N+]=[N-])OCCC(=O)N(CCOCCOCCOCCOCCOCCOCCOCCOCCC(=O)ON1C(=O)CCC1=O)CCOCCOCCOCCOCCOCCOCCOCCOCCC(=O)ON1C(=O)CCC1=O. The molecule has 39 nitrogen and oxygen atoms in total. The summed E-state index contributed by atoms with van der Waals surface area (Å²) in [4.78, 5) is 97.1. The first kappa shape index (κ1) is 95.1. The van der Waals surface area contributed by atoms with Crippen LogP contribution in [-0.4, -0.2) is 393 Å². The van der Waals surface area contributed by atoms with Crippen molar-refractivity contribution in [3.05, 3.63) is 10.4 Å². The third-order valence-corrected chi connectivity index (χ3v) is 13.5. The van der Waals surface area contributed by atoms with Crippen LogP contribution >= 0.6 is 0 Å². The number of carbonyl (C=O) groups excluding carboxylic acids is 7. The largest absolute Gasteiger partial charge is 0.382 e. The highest BCUT2D eigenvalue weighted by Crippen LogP contribution is 2.14. The molecule has 0 spiro atoms. The first-order valence-electron chi connectivity index (χ1n) is 35.4. The van der Waals surface area contributed by atoms with Crippen LogP contribution in [0.1, 0.15) is 44.9 Å². The molecule has 5 amide bonds. The van der Waals surface area contributed by atoms with Crippen molar-refractivity contribution in [2.24, 2.45) is 5.11 Å². The minimum absolute atomic E-state index is 0.0100. The predicted octanol–water partition coefficient (Wildman–Crippen LogP) is -0.0932. The quantitative estimate of drug-likeness (QED) is 0.0252. The van der Waals surface area contributed by atoms with Crippen molar-refractivity contribution in [1.29, 1.82) is 0 Å². The van der Waals surface area contributed by atoms with Gasteiger partial charge in [0.2, 0.25) is 5.91 Å². The van der Waals surface area contributed by atoms with Gasteiger partial charge in [-0.2, -0.15) is 0 Å². The van der Waals surface area contributed by atoms with E-state index < -0.39 is 41.7 Å². The van der Waals surface area contributed by atoms with Crippen molar-refractivity contribution in [1.82, 2.24) is 15.0 Å². The molecule has 0 aromatic carbocycles. The molecule has 39 heteroatoms. The summed E-state index contributed by atoms with van der Waals surface area (Å²) in [5.74, 6) is -3.76. The van der Waals surface area contributed by atoms with E-state index in [0.717, 1.165) is 0 Å². The number of carbonyl (C=O) groups is 7. The molecule has 1 atom stereocenters. The van der Waals surface area contributed by atoms with Crippen LogP contribution in [0.5, 0.6) is 0 Å². The average Bonchev–Trinajstić information content (AvgIpc) is 1.75. The smallest absolute Gasteiger partial charge is 0.335 e. The number of hydroxylamine groups is 4. The van der Waals surface area contributed by atoms with Gasteiger partial charge in [0.25, 0.3) is 23.6 Å². The van der Waals surface area contributed by atoms with Gasteiger partial charge in [0, 0.05) is 50.8 Å². The average molecular weight is 1510 g/mol. The van der Waals surface area contributed by atoms with Gasteiger partial charge in [0.05, 0.1) is 336 Å². The molecule has 0 aromatic heterocycles. The number of azide groups is 1. The molecule has 0 aromatic rings. The predicted molar refractivity (Wildman–Crippen MR) is 358 cm³/mol. The summed E-state index contributed by atoms with van der Waals surface area (Å²) in [6, 6.07) is 0. The molecular formula is C65H116N6O33. The van der Waals surface area contributed by atoms with Gasteiger partial charge in [-0.05, 0) is 5.53 Å². The third-order valence-electron chi connectivity index (χ3n) is 13.5. The standard InChI is InChI=1S/C65H116N6O33/c1-79-16-17-84-26-27-89-36-37-94-50-51-99-52-53-100-54-55-101-57-58(56-67-68-66)102-13-6-59(72)69(9-14-82-20-24-87-30-34-92-40-44-97-48-46-95-42-38-90-32-28-85-22-18-80-11-7-64(77)103-70-60(73)2-3-61(70)74)10-15-83-21-25-88-31-35-93-41-45-98-49-47-96-43-39-91-33-29-86-23-19-81-12-8-65(78)104-71-62(75)4-5-63(71)76/h58H,2-57H2,1H3. The molecule has 0 aliphatic carbocycles. The fourth-order valence-electron chi connectivity index (χ4n) is 8.12. The van der Waals surface area contributed by atoms with E-state index in [9.17, 15) is 33.6 Å². The Kier molecular flexibility index (Phi) is 67.3. The van der Waals surface area contributed by atoms with Gasteiger partial charge in [0.1, 0.15) is 0 Å². The molecule has 2 rings (SSSR count). The zero-order chi connectivity index (χ0) is 74.7. The minimum atomic E-state index is -0.723. The molecule has 104 heavy (non-hydrogen) atoms. The van der Waals surface area contributed by atoms with Gasteiger partial charge in [-0.1, -0.05) is 5.11 Å². The monoisotopic (exact) mass is 1510 g/mol. The summed E-state index contributed by atoms with van der Waals surface area (Å²) in [5, 5.41) is 4.66. The molecule has 0 radical (unpaired) electrons. The van der Waals surface area contributed by atoms with Crippen LogP contribution in [0.25, 0.3) is 10.4 Å². The molecule has 0 N–H and O–H groups in total.